The van der Waals surface area contributed by atoms with Gasteiger partial charge in [-0.2, -0.15) is 0 Å². The van der Waals surface area contributed by atoms with Gasteiger partial charge in [0.25, 0.3) is 0 Å². The van der Waals surface area contributed by atoms with Crippen LogP contribution in [0.1, 0.15) is 27.7 Å². The van der Waals surface area contributed by atoms with Crippen molar-refractivity contribution in [3.05, 3.63) is 23.5 Å². The fourth-order valence-electron chi connectivity index (χ4n) is 1.56. The summed E-state index contributed by atoms with van der Waals surface area (Å²) < 4.78 is 5.93. The van der Waals surface area contributed by atoms with E-state index in [0.717, 1.165) is 18.8 Å². The number of nitrogens with one attached hydrogen (secondary N) is 1. The Balaban J connectivity index is 2.52. The number of hydrogen-bond acceptors (Lipinski definition) is 3. The molecule has 102 valence electrons. The molecule has 0 radical (unpaired) electrons. The molecule has 1 aromatic rings. The lowest BCUT2D eigenvalue weighted by atomic mass is 10.1. The van der Waals surface area contributed by atoms with E-state index in [0.29, 0.717) is 16.9 Å². The first-order valence-corrected chi connectivity index (χ1v) is 6.84. The van der Waals surface area contributed by atoms with Crippen LogP contribution in [-0.4, -0.2) is 24.2 Å². The molecule has 1 unspecified atom stereocenters. The monoisotopic (exact) mass is 270 g/mol. The highest BCUT2D eigenvalue weighted by Crippen LogP contribution is 2.18. The standard InChI is InChI=1S/C14H23ClN2O/c1-10(2)6-16-9-14(11(3)4)18-13-5-12(15)7-17-8-13/h5,7-8,10-11,14,16H,6,9H2,1-4H3. The average molecular weight is 271 g/mol. The molecule has 1 heterocycles. The fraction of sp³-hybridized carbons (Fsp3) is 0.643. The largest absolute Gasteiger partial charge is 0.487 e. The van der Waals surface area contributed by atoms with Gasteiger partial charge in [0.05, 0.1) is 11.2 Å². The molecule has 1 N–H and O–H groups in total. The maximum atomic E-state index is 5.93. The van der Waals surface area contributed by atoms with E-state index in [1.807, 2.05) is 0 Å². The Hall–Kier alpha value is -0.800. The van der Waals surface area contributed by atoms with Gasteiger partial charge >= 0.3 is 0 Å². The molecule has 1 atom stereocenters. The summed E-state index contributed by atoms with van der Waals surface area (Å²) in [6, 6.07) is 1.80. The van der Waals surface area contributed by atoms with Crippen LogP contribution >= 0.6 is 11.6 Å². The van der Waals surface area contributed by atoms with Crippen molar-refractivity contribution in [2.45, 2.75) is 33.8 Å². The minimum Gasteiger partial charge on any atom is -0.487 e. The number of nitrogens with zero attached hydrogens (tertiary/aromatic N) is 1. The predicted octanol–water partition coefficient (Wildman–Crippen LogP) is 3.38. The SMILES string of the molecule is CC(C)CNCC(Oc1cncc(Cl)c1)C(C)C. The first kappa shape index (κ1) is 15.3. The maximum absolute atomic E-state index is 5.93. The Morgan fingerprint density at radius 3 is 2.50 bits per heavy atom. The first-order valence-electron chi connectivity index (χ1n) is 6.47. The van der Waals surface area contributed by atoms with E-state index in [4.69, 9.17) is 16.3 Å². The Morgan fingerprint density at radius 1 is 1.22 bits per heavy atom. The zero-order chi connectivity index (χ0) is 13.5. The fourth-order valence-corrected chi connectivity index (χ4v) is 1.72. The van der Waals surface area contributed by atoms with Crippen LogP contribution in [0, 0.1) is 11.8 Å². The molecule has 0 amide bonds. The minimum absolute atomic E-state index is 0.129. The van der Waals surface area contributed by atoms with Crippen molar-refractivity contribution in [1.29, 1.82) is 0 Å². The van der Waals surface area contributed by atoms with Crippen molar-refractivity contribution < 1.29 is 4.74 Å². The zero-order valence-corrected chi connectivity index (χ0v) is 12.4. The smallest absolute Gasteiger partial charge is 0.139 e. The molecule has 0 bridgehead atoms. The Morgan fingerprint density at radius 2 is 1.94 bits per heavy atom. The highest BCUT2D eigenvalue weighted by atomic mass is 35.5. The molecule has 18 heavy (non-hydrogen) atoms. The lowest BCUT2D eigenvalue weighted by Crippen LogP contribution is -2.36. The van der Waals surface area contributed by atoms with Gasteiger partial charge < -0.3 is 10.1 Å². The second kappa shape index (κ2) is 7.59. The van der Waals surface area contributed by atoms with Gasteiger partial charge in [-0.15, -0.1) is 0 Å². The highest BCUT2D eigenvalue weighted by molar-refractivity contribution is 6.30. The third-order valence-electron chi connectivity index (χ3n) is 2.61. The molecule has 1 rings (SSSR count). The summed E-state index contributed by atoms with van der Waals surface area (Å²) in [5.41, 5.74) is 0. The molecule has 3 nitrogen and oxygen atoms in total. The van der Waals surface area contributed by atoms with Crippen LogP contribution in [0.5, 0.6) is 5.75 Å². The summed E-state index contributed by atoms with van der Waals surface area (Å²) in [4.78, 5) is 4.03. The van der Waals surface area contributed by atoms with Crippen LogP contribution in [0.2, 0.25) is 5.02 Å². The molecule has 0 fully saturated rings. The Kier molecular flexibility index (Phi) is 6.44. The van der Waals surface area contributed by atoms with Crippen molar-refractivity contribution in [3.8, 4) is 5.75 Å². The van der Waals surface area contributed by atoms with Gasteiger partial charge in [-0.3, -0.25) is 4.98 Å². The predicted molar refractivity (Wildman–Crippen MR) is 76.2 cm³/mol. The van der Waals surface area contributed by atoms with Crippen LogP contribution in [0.4, 0.5) is 0 Å². The average Bonchev–Trinajstić information content (AvgIpc) is 2.27. The van der Waals surface area contributed by atoms with Crippen molar-refractivity contribution >= 4 is 11.6 Å². The molecular formula is C14H23ClN2O. The summed E-state index contributed by atoms with van der Waals surface area (Å²) >= 11 is 5.90. The van der Waals surface area contributed by atoms with E-state index in [9.17, 15) is 0 Å². The molecule has 0 saturated carbocycles. The van der Waals surface area contributed by atoms with Crippen molar-refractivity contribution in [2.75, 3.05) is 13.1 Å². The van der Waals surface area contributed by atoms with Crippen molar-refractivity contribution in [1.82, 2.24) is 10.3 Å². The molecule has 0 aliphatic carbocycles. The third-order valence-corrected chi connectivity index (χ3v) is 2.82. The number of aromatic nitrogens is 1. The maximum Gasteiger partial charge on any atom is 0.139 e. The van der Waals surface area contributed by atoms with Crippen LogP contribution in [0.3, 0.4) is 0 Å². The number of halogens is 1. The van der Waals surface area contributed by atoms with Gasteiger partial charge in [0, 0.05) is 18.8 Å². The summed E-state index contributed by atoms with van der Waals surface area (Å²) in [7, 11) is 0. The van der Waals surface area contributed by atoms with E-state index in [2.05, 4.69) is 38.0 Å². The summed E-state index contributed by atoms with van der Waals surface area (Å²) in [6.45, 7) is 10.5. The lowest BCUT2D eigenvalue weighted by Gasteiger charge is -2.23. The second-order valence-electron chi connectivity index (χ2n) is 5.29. The van der Waals surface area contributed by atoms with E-state index in [1.165, 1.54) is 0 Å². The van der Waals surface area contributed by atoms with E-state index in [-0.39, 0.29) is 6.10 Å². The molecule has 4 heteroatoms. The van der Waals surface area contributed by atoms with Gasteiger partial charge in [-0.25, -0.2) is 0 Å². The van der Waals surface area contributed by atoms with Gasteiger partial charge in [-0.05, 0) is 18.4 Å². The molecular weight excluding hydrogens is 248 g/mol. The zero-order valence-electron chi connectivity index (χ0n) is 11.6. The van der Waals surface area contributed by atoms with Crippen LogP contribution in [0.15, 0.2) is 18.5 Å². The van der Waals surface area contributed by atoms with E-state index >= 15 is 0 Å². The molecule has 0 aromatic carbocycles. The van der Waals surface area contributed by atoms with Crippen LogP contribution < -0.4 is 10.1 Å². The van der Waals surface area contributed by atoms with Gasteiger partial charge in [0.1, 0.15) is 11.9 Å². The normalized spacial score (nSPS) is 13.1. The van der Waals surface area contributed by atoms with Crippen LogP contribution in [0.25, 0.3) is 0 Å². The highest BCUT2D eigenvalue weighted by Gasteiger charge is 2.15. The van der Waals surface area contributed by atoms with Crippen LogP contribution in [-0.2, 0) is 0 Å². The molecule has 0 saturated heterocycles. The minimum atomic E-state index is 0.129. The second-order valence-corrected chi connectivity index (χ2v) is 5.73. The molecule has 0 aliphatic heterocycles. The number of ether oxygens (including phenoxy) is 1. The number of pyridine rings is 1. The quantitative estimate of drug-likeness (QED) is 0.825. The summed E-state index contributed by atoms with van der Waals surface area (Å²) in [5.74, 6) is 1.81. The summed E-state index contributed by atoms with van der Waals surface area (Å²) in [6.07, 6.45) is 3.43. The molecule has 0 aliphatic rings. The number of rotatable bonds is 7. The Labute approximate surface area is 115 Å². The Bertz CT molecular complexity index is 355. The lowest BCUT2D eigenvalue weighted by molar-refractivity contribution is 0.147. The summed E-state index contributed by atoms with van der Waals surface area (Å²) in [5, 5.41) is 4.02. The van der Waals surface area contributed by atoms with Crippen molar-refractivity contribution in [2.24, 2.45) is 11.8 Å². The number of hydrogen-bond donors (Lipinski definition) is 1. The van der Waals surface area contributed by atoms with Gasteiger partial charge in [-0.1, -0.05) is 39.3 Å². The van der Waals surface area contributed by atoms with Gasteiger partial charge in [0.2, 0.25) is 0 Å². The van der Waals surface area contributed by atoms with E-state index in [1.54, 1.807) is 18.5 Å². The third kappa shape index (κ3) is 5.69. The topological polar surface area (TPSA) is 34.1 Å². The van der Waals surface area contributed by atoms with E-state index < -0.39 is 0 Å². The molecule has 1 aromatic heterocycles. The molecule has 0 spiro atoms. The van der Waals surface area contributed by atoms with Crippen molar-refractivity contribution in [3.63, 3.8) is 0 Å². The first-order chi connectivity index (χ1) is 8.49. The van der Waals surface area contributed by atoms with Gasteiger partial charge in [0.15, 0.2) is 0 Å².